The molecular formula is C27H37NO2. The number of carbonyl (C=O) groups excluding carboxylic acids is 1. The number of carbonyl (C=O) groups is 1. The van der Waals surface area contributed by atoms with E-state index < -0.39 is 0 Å². The summed E-state index contributed by atoms with van der Waals surface area (Å²) in [6.07, 6.45) is 8.04. The second kappa shape index (κ2) is 8.32. The Balaban J connectivity index is 1.36. The van der Waals surface area contributed by atoms with E-state index in [0.717, 1.165) is 29.4 Å². The average Bonchev–Trinajstić information content (AvgIpc) is 3.37. The Morgan fingerprint density at radius 2 is 1.87 bits per heavy atom. The highest BCUT2D eigenvalue weighted by atomic mass is 16.5. The van der Waals surface area contributed by atoms with Crippen molar-refractivity contribution in [1.82, 2.24) is 5.16 Å². The van der Waals surface area contributed by atoms with Crippen LogP contribution >= 0.6 is 0 Å². The number of hydrogen-bond donors (Lipinski definition) is 0. The predicted molar refractivity (Wildman–Crippen MR) is 121 cm³/mol. The third-order valence-corrected chi connectivity index (χ3v) is 6.85. The Hall–Kier alpha value is -1.90. The topological polar surface area (TPSA) is 43.1 Å². The molecule has 1 heterocycles. The molecule has 2 saturated carbocycles. The second-order valence-electron chi connectivity index (χ2n) is 11.1. The van der Waals surface area contributed by atoms with Gasteiger partial charge >= 0.3 is 0 Å². The van der Waals surface area contributed by atoms with Crippen LogP contribution in [0, 0.1) is 25.2 Å². The minimum absolute atomic E-state index is 0.294. The maximum absolute atomic E-state index is 12.6. The molecule has 30 heavy (non-hydrogen) atoms. The summed E-state index contributed by atoms with van der Waals surface area (Å²) < 4.78 is 5.90. The quantitative estimate of drug-likeness (QED) is 0.481. The number of nitrogens with zero attached hydrogens (tertiary/aromatic N) is 1. The van der Waals surface area contributed by atoms with Gasteiger partial charge in [0.2, 0.25) is 0 Å². The molecule has 0 N–H and O–H groups in total. The minimum atomic E-state index is 0.294. The van der Waals surface area contributed by atoms with Gasteiger partial charge < -0.3 is 4.52 Å². The van der Waals surface area contributed by atoms with Crippen molar-refractivity contribution < 1.29 is 9.32 Å². The zero-order chi connectivity index (χ0) is 21.5. The number of hydrogen-bond acceptors (Lipinski definition) is 3. The number of aryl methyl sites for hydroxylation is 3. The van der Waals surface area contributed by atoms with Crippen molar-refractivity contribution in [3.63, 3.8) is 0 Å². The van der Waals surface area contributed by atoms with E-state index in [2.05, 4.69) is 58.0 Å². The average molecular weight is 408 g/mol. The lowest BCUT2D eigenvalue weighted by Crippen LogP contribution is -2.26. The van der Waals surface area contributed by atoms with Crippen LogP contribution in [0.2, 0.25) is 0 Å². The fourth-order valence-corrected chi connectivity index (χ4v) is 5.21. The maximum atomic E-state index is 12.6. The molecule has 3 heteroatoms. The SMILES string of the molecule is Cc1ccc(CC(=O)CCc2noc(C3CC(CC(C)(C)C)C3)c2C2CC2)c(C)c1. The van der Waals surface area contributed by atoms with Gasteiger partial charge in [-0.3, -0.25) is 4.79 Å². The van der Waals surface area contributed by atoms with Crippen LogP contribution in [0.5, 0.6) is 0 Å². The van der Waals surface area contributed by atoms with Gasteiger partial charge in [-0.15, -0.1) is 0 Å². The van der Waals surface area contributed by atoms with Gasteiger partial charge in [-0.1, -0.05) is 49.7 Å². The first-order valence-corrected chi connectivity index (χ1v) is 11.8. The van der Waals surface area contributed by atoms with Crippen molar-refractivity contribution in [3.05, 3.63) is 51.9 Å². The molecule has 3 nitrogen and oxygen atoms in total. The summed E-state index contributed by atoms with van der Waals surface area (Å²) in [5.74, 6) is 3.43. The standard InChI is InChI=1S/C27H37NO2/c1-17-6-7-21(18(2)12-17)15-23(29)10-11-24-25(20-8-9-20)26(30-28-24)22-13-19(14-22)16-27(3,4)5/h6-7,12,19-20,22H,8-11,13-16H2,1-5H3. The van der Waals surface area contributed by atoms with E-state index in [4.69, 9.17) is 4.52 Å². The van der Waals surface area contributed by atoms with Gasteiger partial charge in [-0.25, -0.2) is 0 Å². The molecular weight excluding hydrogens is 370 g/mol. The minimum Gasteiger partial charge on any atom is -0.361 e. The molecule has 0 saturated heterocycles. The summed E-state index contributed by atoms with van der Waals surface area (Å²) in [7, 11) is 0. The molecule has 2 fully saturated rings. The monoisotopic (exact) mass is 407 g/mol. The van der Waals surface area contributed by atoms with Crippen molar-refractivity contribution >= 4 is 5.78 Å². The summed E-state index contributed by atoms with van der Waals surface area (Å²) in [4.78, 5) is 12.6. The molecule has 2 aliphatic carbocycles. The van der Waals surface area contributed by atoms with Crippen LogP contribution in [0.15, 0.2) is 22.7 Å². The first-order chi connectivity index (χ1) is 14.2. The highest BCUT2D eigenvalue weighted by Gasteiger charge is 2.40. The third kappa shape index (κ3) is 5.04. The summed E-state index contributed by atoms with van der Waals surface area (Å²) >= 11 is 0. The number of aromatic nitrogens is 1. The van der Waals surface area contributed by atoms with Gasteiger partial charge in [0, 0.05) is 30.7 Å². The van der Waals surface area contributed by atoms with Crippen LogP contribution in [-0.4, -0.2) is 10.9 Å². The molecule has 0 aliphatic heterocycles. The number of rotatable bonds is 8. The maximum Gasteiger partial charge on any atom is 0.143 e. The molecule has 4 rings (SSSR count). The molecule has 0 atom stereocenters. The lowest BCUT2D eigenvalue weighted by molar-refractivity contribution is -0.118. The Bertz CT molecular complexity index is 907. The highest BCUT2D eigenvalue weighted by Crippen LogP contribution is 2.52. The molecule has 1 aromatic carbocycles. The van der Waals surface area contributed by atoms with Gasteiger partial charge in [0.15, 0.2) is 0 Å². The molecule has 0 amide bonds. The number of ketones is 1. The van der Waals surface area contributed by atoms with Crippen LogP contribution in [0.3, 0.4) is 0 Å². The van der Waals surface area contributed by atoms with Gasteiger partial charge in [-0.2, -0.15) is 0 Å². The second-order valence-corrected chi connectivity index (χ2v) is 11.1. The molecule has 0 unspecified atom stereocenters. The largest absolute Gasteiger partial charge is 0.361 e. The molecule has 1 aromatic heterocycles. The van der Waals surface area contributed by atoms with Crippen molar-refractivity contribution in [3.8, 4) is 0 Å². The fourth-order valence-electron chi connectivity index (χ4n) is 5.21. The molecule has 2 aliphatic rings. The van der Waals surface area contributed by atoms with E-state index in [-0.39, 0.29) is 0 Å². The van der Waals surface area contributed by atoms with Crippen LogP contribution in [0.25, 0.3) is 0 Å². The molecule has 162 valence electrons. The van der Waals surface area contributed by atoms with E-state index in [1.807, 2.05) is 0 Å². The highest BCUT2D eigenvalue weighted by molar-refractivity contribution is 5.81. The van der Waals surface area contributed by atoms with Gasteiger partial charge in [0.05, 0.1) is 5.69 Å². The van der Waals surface area contributed by atoms with Crippen molar-refractivity contribution in [2.75, 3.05) is 0 Å². The molecule has 0 spiro atoms. The third-order valence-electron chi connectivity index (χ3n) is 6.85. The zero-order valence-corrected chi connectivity index (χ0v) is 19.4. The van der Waals surface area contributed by atoms with E-state index in [1.165, 1.54) is 48.8 Å². The van der Waals surface area contributed by atoms with Gasteiger partial charge in [0.25, 0.3) is 0 Å². The van der Waals surface area contributed by atoms with Crippen LogP contribution in [-0.2, 0) is 17.6 Å². The lowest BCUT2D eigenvalue weighted by Gasteiger charge is -2.38. The lowest BCUT2D eigenvalue weighted by atomic mass is 9.67. The van der Waals surface area contributed by atoms with Crippen LogP contribution < -0.4 is 0 Å². The Labute approximate surface area is 181 Å². The first-order valence-electron chi connectivity index (χ1n) is 11.8. The molecule has 0 bridgehead atoms. The Morgan fingerprint density at radius 3 is 2.50 bits per heavy atom. The summed E-state index contributed by atoms with van der Waals surface area (Å²) in [6, 6.07) is 6.34. The van der Waals surface area contributed by atoms with Crippen molar-refractivity contribution in [2.45, 2.75) is 97.8 Å². The number of Topliss-reactive ketones (excluding diaryl/α,β-unsaturated/α-hetero) is 1. The molecule has 2 aromatic rings. The summed E-state index contributed by atoms with van der Waals surface area (Å²) in [5.41, 5.74) is 6.43. The molecule has 0 radical (unpaired) electrons. The van der Waals surface area contributed by atoms with Crippen LogP contribution in [0.4, 0.5) is 0 Å². The van der Waals surface area contributed by atoms with Gasteiger partial charge in [0.1, 0.15) is 11.5 Å². The predicted octanol–water partition coefficient (Wildman–Crippen LogP) is 6.84. The summed E-state index contributed by atoms with van der Waals surface area (Å²) in [6.45, 7) is 11.2. The number of benzene rings is 1. The summed E-state index contributed by atoms with van der Waals surface area (Å²) in [5, 5.41) is 4.46. The van der Waals surface area contributed by atoms with E-state index >= 15 is 0 Å². The van der Waals surface area contributed by atoms with Crippen molar-refractivity contribution in [1.29, 1.82) is 0 Å². The van der Waals surface area contributed by atoms with Crippen LogP contribution in [0.1, 0.15) is 105 Å². The first kappa shape index (κ1) is 21.3. The van der Waals surface area contributed by atoms with Gasteiger partial charge in [-0.05, 0) is 74.3 Å². The smallest absolute Gasteiger partial charge is 0.143 e. The zero-order valence-electron chi connectivity index (χ0n) is 19.4. The van der Waals surface area contributed by atoms with E-state index in [9.17, 15) is 4.79 Å². The Kier molecular flexibility index (Phi) is 5.92. The van der Waals surface area contributed by atoms with E-state index in [1.54, 1.807) is 0 Å². The fraction of sp³-hybridized carbons (Fsp3) is 0.630. The van der Waals surface area contributed by atoms with Crippen molar-refractivity contribution in [2.24, 2.45) is 11.3 Å². The Morgan fingerprint density at radius 1 is 1.13 bits per heavy atom. The van der Waals surface area contributed by atoms with E-state index in [0.29, 0.717) is 35.9 Å². The normalized spacial score (nSPS) is 21.5.